The molecule has 0 spiro atoms. The molecule has 0 saturated heterocycles. The van der Waals surface area contributed by atoms with E-state index in [4.69, 9.17) is 0 Å². The maximum absolute atomic E-state index is 12.1. The van der Waals surface area contributed by atoms with Crippen molar-refractivity contribution in [2.45, 2.75) is 23.4 Å². The number of hydrogen-bond acceptors (Lipinski definition) is 6. The van der Waals surface area contributed by atoms with E-state index in [0.29, 0.717) is 0 Å². The molecular formula is C13H13N3O3S2. The highest BCUT2D eigenvalue weighted by atomic mass is 32.2. The smallest absolute Gasteiger partial charge is 0.292 e. The van der Waals surface area contributed by atoms with Crippen molar-refractivity contribution in [3.63, 3.8) is 0 Å². The van der Waals surface area contributed by atoms with Crippen LogP contribution >= 0.6 is 23.1 Å². The molecule has 1 N–H and O–H groups in total. The lowest BCUT2D eigenvalue weighted by molar-refractivity contribution is -0.383. The van der Waals surface area contributed by atoms with Crippen molar-refractivity contribution in [3.05, 3.63) is 45.5 Å². The summed E-state index contributed by atoms with van der Waals surface area (Å²) in [7, 11) is 0. The lowest BCUT2D eigenvalue weighted by Crippen LogP contribution is -2.22. The number of amides is 1. The molecule has 110 valence electrons. The van der Waals surface area contributed by atoms with Crippen LogP contribution in [0.15, 0.2) is 34.0 Å². The van der Waals surface area contributed by atoms with Crippen LogP contribution in [0.1, 0.15) is 12.6 Å². The molecule has 1 aromatic heterocycles. The molecule has 0 unspecified atom stereocenters. The highest BCUT2D eigenvalue weighted by Crippen LogP contribution is 2.29. The number of nitro benzene ring substituents is 1. The third-order valence-corrected chi connectivity index (χ3v) is 4.79. The second-order valence-corrected chi connectivity index (χ2v) is 6.72. The van der Waals surface area contributed by atoms with Crippen LogP contribution in [0.2, 0.25) is 0 Å². The van der Waals surface area contributed by atoms with Crippen LogP contribution in [0.3, 0.4) is 0 Å². The Morgan fingerprint density at radius 1 is 1.48 bits per heavy atom. The molecule has 1 atom stereocenters. The van der Waals surface area contributed by atoms with E-state index < -0.39 is 10.2 Å². The Bertz CT molecular complexity index is 672. The molecule has 0 saturated carbocycles. The second-order valence-electron chi connectivity index (χ2n) is 4.28. The number of aryl methyl sites for hydroxylation is 1. The summed E-state index contributed by atoms with van der Waals surface area (Å²) in [5.74, 6) is -0.290. The minimum atomic E-state index is -0.516. The van der Waals surface area contributed by atoms with E-state index in [1.165, 1.54) is 35.2 Å². The molecular weight excluding hydrogens is 310 g/mol. The van der Waals surface area contributed by atoms with Crippen molar-refractivity contribution in [2.24, 2.45) is 0 Å². The SMILES string of the molecule is Cc1csc(S[C@H](C)C(=O)Nc2ccccc2[N+](=O)[O-])n1. The van der Waals surface area contributed by atoms with Gasteiger partial charge in [-0.15, -0.1) is 11.3 Å². The van der Waals surface area contributed by atoms with Gasteiger partial charge in [0.05, 0.1) is 10.2 Å². The van der Waals surface area contributed by atoms with Gasteiger partial charge >= 0.3 is 0 Å². The van der Waals surface area contributed by atoms with Crippen LogP contribution in [0.25, 0.3) is 0 Å². The number of nitrogens with zero attached hydrogens (tertiary/aromatic N) is 2. The number of benzene rings is 1. The fourth-order valence-corrected chi connectivity index (χ4v) is 3.55. The standard InChI is InChI=1S/C13H13N3O3S2/c1-8-7-20-13(14-8)21-9(2)12(17)15-10-5-3-4-6-11(10)16(18)19/h3-7,9H,1-2H3,(H,15,17)/t9-/m1/s1. The number of anilines is 1. The van der Waals surface area contributed by atoms with E-state index in [-0.39, 0.29) is 17.3 Å². The Kier molecular flexibility index (Phi) is 4.92. The Labute approximate surface area is 129 Å². The molecule has 1 aromatic carbocycles. The van der Waals surface area contributed by atoms with E-state index >= 15 is 0 Å². The minimum Gasteiger partial charge on any atom is -0.319 e. The molecule has 0 aliphatic rings. The van der Waals surface area contributed by atoms with E-state index in [0.717, 1.165) is 10.0 Å². The van der Waals surface area contributed by atoms with Crippen molar-refractivity contribution in [1.29, 1.82) is 0 Å². The number of thioether (sulfide) groups is 1. The van der Waals surface area contributed by atoms with E-state index in [2.05, 4.69) is 10.3 Å². The zero-order valence-electron chi connectivity index (χ0n) is 11.4. The van der Waals surface area contributed by atoms with Gasteiger partial charge in [-0.05, 0) is 19.9 Å². The van der Waals surface area contributed by atoms with Gasteiger partial charge in [-0.2, -0.15) is 0 Å². The zero-order chi connectivity index (χ0) is 15.4. The van der Waals surface area contributed by atoms with Crippen molar-refractivity contribution in [3.8, 4) is 0 Å². The Morgan fingerprint density at radius 3 is 2.81 bits per heavy atom. The number of aromatic nitrogens is 1. The van der Waals surface area contributed by atoms with Crippen LogP contribution in [0.4, 0.5) is 11.4 Å². The summed E-state index contributed by atoms with van der Waals surface area (Å²) in [4.78, 5) is 26.8. The van der Waals surface area contributed by atoms with Crippen LogP contribution in [-0.2, 0) is 4.79 Å². The van der Waals surface area contributed by atoms with Crippen molar-refractivity contribution in [1.82, 2.24) is 4.98 Å². The Hall–Kier alpha value is -1.93. The van der Waals surface area contributed by atoms with Gasteiger partial charge in [0.15, 0.2) is 4.34 Å². The van der Waals surface area contributed by atoms with Crippen molar-refractivity contribution >= 4 is 40.4 Å². The molecule has 6 nitrogen and oxygen atoms in total. The number of carbonyl (C=O) groups is 1. The quantitative estimate of drug-likeness (QED) is 0.517. The predicted octanol–water partition coefficient (Wildman–Crippen LogP) is 3.48. The summed E-state index contributed by atoms with van der Waals surface area (Å²) >= 11 is 2.80. The Balaban J connectivity index is 2.05. The molecule has 0 fully saturated rings. The van der Waals surface area contributed by atoms with Crippen LogP contribution in [0.5, 0.6) is 0 Å². The third-order valence-electron chi connectivity index (χ3n) is 2.60. The average molecular weight is 323 g/mol. The van der Waals surface area contributed by atoms with E-state index in [9.17, 15) is 14.9 Å². The highest BCUT2D eigenvalue weighted by molar-refractivity contribution is 8.02. The normalized spacial score (nSPS) is 11.9. The Morgan fingerprint density at radius 2 is 2.19 bits per heavy atom. The number of nitro groups is 1. The fourth-order valence-electron chi connectivity index (χ4n) is 1.56. The molecule has 1 amide bonds. The lowest BCUT2D eigenvalue weighted by Gasteiger charge is -2.10. The molecule has 0 aliphatic heterocycles. The maximum atomic E-state index is 12.1. The number of carbonyl (C=O) groups excluding carboxylic acids is 1. The number of para-hydroxylation sites is 2. The second kappa shape index (κ2) is 6.68. The van der Waals surface area contributed by atoms with Gasteiger partial charge < -0.3 is 5.32 Å². The van der Waals surface area contributed by atoms with Crippen molar-refractivity contribution < 1.29 is 9.72 Å². The van der Waals surface area contributed by atoms with Gasteiger partial charge in [-0.3, -0.25) is 14.9 Å². The van der Waals surface area contributed by atoms with Crippen LogP contribution in [-0.4, -0.2) is 21.1 Å². The first kappa shape index (κ1) is 15.5. The number of hydrogen-bond donors (Lipinski definition) is 1. The minimum absolute atomic E-state index is 0.117. The maximum Gasteiger partial charge on any atom is 0.292 e. The van der Waals surface area contributed by atoms with Gasteiger partial charge in [0.2, 0.25) is 5.91 Å². The monoisotopic (exact) mass is 323 g/mol. The lowest BCUT2D eigenvalue weighted by atomic mass is 10.2. The number of rotatable bonds is 5. The fraction of sp³-hybridized carbons (Fsp3) is 0.231. The summed E-state index contributed by atoms with van der Waals surface area (Å²) in [5, 5.41) is 15.0. The first-order valence-electron chi connectivity index (χ1n) is 6.10. The summed E-state index contributed by atoms with van der Waals surface area (Å²) in [5.41, 5.74) is 0.997. The predicted molar refractivity (Wildman–Crippen MR) is 83.9 cm³/mol. The number of thiazole rings is 1. The zero-order valence-corrected chi connectivity index (χ0v) is 13.0. The topological polar surface area (TPSA) is 85.1 Å². The highest BCUT2D eigenvalue weighted by Gasteiger charge is 2.20. The summed E-state index contributed by atoms with van der Waals surface area (Å²) in [6.45, 7) is 3.63. The molecule has 0 aliphatic carbocycles. The summed E-state index contributed by atoms with van der Waals surface area (Å²) in [6.07, 6.45) is 0. The van der Waals surface area contributed by atoms with Crippen LogP contribution in [0, 0.1) is 17.0 Å². The van der Waals surface area contributed by atoms with Gasteiger partial charge in [0, 0.05) is 17.1 Å². The first-order valence-corrected chi connectivity index (χ1v) is 7.86. The molecule has 21 heavy (non-hydrogen) atoms. The summed E-state index contributed by atoms with van der Waals surface area (Å²) < 4.78 is 0.803. The molecule has 8 heteroatoms. The molecule has 1 heterocycles. The molecule has 2 rings (SSSR count). The van der Waals surface area contributed by atoms with Gasteiger partial charge in [-0.1, -0.05) is 23.9 Å². The molecule has 0 radical (unpaired) electrons. The van der Waals surface area contributed by atoms with Gasteiger partial charge in [-0.25, -0.2) is 4.98 Å². The largest absolute Gasteiger partial charge is 0.319 e. The van der Waals surface area contributed by atoms with Crippen molar-refractivity contribution in [2.75, 3.05) is 5.32 Å². The van der Waals surface area contributed by atoms with Gasteiger partial charge in [0.25, 0.3) is 5.69 Å². The van der Waals surface area contributed by atoms with E-state index in [1.54, 1.807) is 19.1 Å². The first-order chi connectivity index (χ1) is 9.97. The molecule has 2 aromatic rings. The summed E-state index contributed by atoms with van der Waals surface area (Å²) in [6, 6.07) is 6.08. The third kappa shape index (κ3) is 4.02. The van der Waals surface area contributed by atoms with Gasteiger partial charge in [0.1, 0.15) is 5.69 Å². The average Bonchev–Trinajstić information content (AvgIpc) is 2.84. The number of nitrogens with one attached hydrogen (secondary N) is 1. The molecule has 0 bridgehead atoms. The van der Waals surface area contributed by atoms with Crippen LogP contribution < -0.4 is 5.32 Å². The van der Waals surface area contributed by atoms with E-state index in [1.807, 2.05) is 12.3 Å².